The van der Waals surface area contributed by atoms with Gasteiger partial charge >= 0.3 is 0 Å². The summed E-state index contributed by atoms with van der Waals surface area (Å²) in [5.74, 6) is -0.0130. The van der Waals surface area contributed by atoms with Gasteiger partial charge in [0.25, 0.3) is 5.69 Å². The molecular formula is C9H11ClN2O4S. The number of anilines is 1. The summed E-state index contributed by atoms with van der Waals surface area (Å²) in [5.41, 5.74) is 4.95. The molecule has 0 bridgehead atoms. The van der Waals surface area contributed by atoms with Crippen LogP contribution in [0.15, 0.2) is 12.1 Å². The molecule has 0 aromatic heterocycles. The number of nitrogen functional groups attached to an aromatic ring is 1. The molecule has 8 heteroatoms. The maximum Gasteiger partial charge on any atom is 0.293 e. The fraction of sp³-hybridized carbons (Fsp3) is 0.333. The van der Waals surface area contributed by atoms with E-state index in [-0.39, 0.29) is 22.0 Å². The van der Waals surface area contributed by atoms with Crippen LogP contribution in [0, 0.1) is 10.1 Å². The number of nitrogens with zero attached hydrogens (tertiary/aromatic N) is 1. The minimum Gasteiger partial charge on any atom is -0.393 e. The van der Waals surface area contributed by atoms with E-state index in [0.717, 1.165) is 6.07 Å². The molecule has 17 heavy (non-hydrogen) atoms. The number of halogens is 1. The topological polar surface area (TPSA) is 110 Å². The molecule has 0 radical (unpaired) electrons. The number of nitrogens with two attached hydrogens (primary N) is 1. The van der Waals surface area contributed by atoms with Crippen LogP contribution in [0.1, 0.15) is 11.7 Å². The Hall–Kier alpha value is -1.02. The SMILES string of the molecule is Nc1c(C(O)C(O)CS)cc(Cl)cc1[N+](=O)[O-]. The Kier molecular flexibility index (Phi) is 4.58. The summed E-state index contributed by atoms with van der Waals surface area (Å²) in [4.78, 5) is 9.99. The summed E-state index contributed by atoms with van der Waals surface area (Å²) in [6.45, 7) is 0. The molecule has 94 valence electrons. The first kappa shape index (κ1) is 14.0. The summed E-state index contributed by atoms with van der Waals surface area (Å²) in [5, 5.41) is 29.9. The van der Waals surface area contributed by atoms with Crippen molar-refractivity contribution < 1.29 is 15.1 Å². The fourth-order valence-corrected chi connectivity index (χ4v) is 1.75. The maximum absolute atomic E-state index is 10.7. The molecule has 2 unspecified atom stereocenters. The van der Waals surface area contributed by atoms with Gasteiger partial charge in [0.1, 0.15) is 11.8 Å². The number of nitro groups is 1. The van der Waals surface area contributed by atoms with Crippen LogP contribution in [0.2, 0.25) is 5.02 Å². The second-order valence-corrected chi connectivity index (χ2v) is 4.18. The average Bonchev–Trinajstić information content (AvgIpc) is 2.29. The van der Waals surface area contributed by atoms with Gasteiger partial charge in [0.15, 0.2) is 0 Å². The fourth-order valence-electron chi connectivity index (χ4n) is 1.33. The number of rotatable bonds is 4. The van der Waals surface area contributed by atoms with Crippen molar-refractivity contribution in [1.29, 1.82) is 0 Å². The predicted octanol–water partition coefficient (Wildman–Crippen LogP) is 1.15. The average molecular weight is 279 g/mol. The summed E-state index contributed by atoms with van der Waals surface area (Å²) in [6, 6.07) is 2.36. The molecule has 0 aliphatic heterocycles. The summed E-state index contributed by atoms with van der Waals surface area (Å²) >= 11 is 9.50. The summed E-state index contributed by atoms with van der Waals surface area (Å²) in [7, 11) is 0. The molecule has 6 nitrogen and oxygen atoms in total. The molecule has 1 rings (SSSR count). The molecule has 0 aliphatic rings. The van der Waals surface area contributed by atoms with Gasteiger partial charge in [-0.05, 0) is 6.07 Å². The molecule has 2 atom stereocenters. The van der Waals surface area contributed by atoms with Crippen molar-refractivity contribution >= 4 is 35.6 Å². The van der Waals surface area contributed by atoms with Crippen molar-refractivity contribution in [2.45, 2.75) is 12.2 Å². The van der Waals surface area contributed by atoms with E-state index in [1.54, 1.807) is 0 Å². The van der Waals surface area contributed by atoms with E-state index in [4.69, 9.17) is 17.3 Å². The van der Waals surface area contributed by atoms with E-state index < -0.39 is 22.8 Å². The zero-order valence-corrected chi connectivity index (χ0v) is 10.2. The third-order valence-corrected chi connectivity index (χ3v) is 2.81. The van der Waals surface area contributed by atoms with Crippen LogP contribution >= 0.6 is 24.2 Å². The number of hydrogen-bond donors (Lipinski definition) is 4. The molecule has 0 heterocycles. The minimum atomic E-state index is -1.37. The molecule has 1 aromatic rings. The van der Waals surface area contributed by atoms with Crippen LogP contribution in [0.4, 0.5) is 11.4 Å². The van der Waals surface area contributed by atoms with E-state index in [2.05, 4.69) is 12.6 Å². The lowest BCUT2D eigenvalue weighted by Gasteiger charge is -2.18. The largest absolute Gasteiger partial charge is 0.393 e. The van der Waals surface area contributed by atoms with E-state index in [1.807, 2.05) is 0 Å². The highest BCUT2D eigenvalue weighted by Gasteiger charge is 2.25. The predicted molar refractivity (Wildman–Crippen MR) is 67.3 cm³/mol. The Morgan fingerprint density at radius 1 is 1.53 bits per heavy atom. The number of benzene rings is 1. The van der Waals surface area contributed by atoms with Gasteiger partial charge in [-0.1, -0.05) is 11.6 Å². The zero-order valence-electron chi connectivity index (χ0n) is 8.58. The van der Waals surface area contributed by atoms with Crippen LogP contribution < -0.4 is 5.73 Å². The van der Waals surface area contributed by atoms with Crippen molar-refractivity contribution in [2.24, 2.45) is 0 Å². The quantitative estimate of drug-likeness (QED) is 0.286. The molecule has 0 saturated carbocycles. The standard InChI is InChI=1S/C9H11ClN2O4S/c10-4-1-5(9(14)7(13)3-17)8(11)6(2-4)12(15)16/h1-2,7,9,13-14,17H,3,11H2. The lowest BCUT2D eigenvalue weighted by Crippen LogP contribution is -2.21. The van der Waals surface area contributed by atoms with Crippen LogP contribution in [0.5, 0.6) is 0 Å². The first-order valence-electron chi connectivity index (χ1n) is 4.58. The molecular weight excluding hydrogens is 268 g/mol. The van der Waals surface area contributed by atoms with Crippen molar-refractivity contribution in [1.82, 2.24) is 0 Å². The van der Waals surface area contributed by atoms with Gasteiger partial charge in [-0.15, -0.1) is 0 Å². The first-order valence-corrected chi connectivity index (χ1v) is 5.59. The highest BCUT2D eigenvalue weighted by Crippen LogP contribution is 2.34. The van der Waals surface area contributed by atoms with E-state index >= 15 is 0 Å². The summed E-state index contributed by atoms with van der Waals surface area (Å²) < 4.78 is 0. The second-order valence-electron chi connectivity index (χ2n) is 3.38. The Balaban J connectivity index is 3.29. The third-order valence-electron chi connectivity index (χ3n) is 2.22. The van der Waals surface area contributed by atoms with E-state index in [1.165, 1.54) is 6.07 Å². The maximum atomic E-state index is 10.7. The molecule has 4 N–H and O–H groups in total. The highest BCUT2D eigenvalue weighted by molar-refractivity contribution is 7.80. The second kappa shape index (κ2) is 5.54. The van der Waals surface area contributed by atoms with Gasteiger partial charge in [0, 0.05) is 22.4 Å². The Labute approximate surface area is 108 Å². The van der Waals surface area contributed by atoms with Crippen LogP contribution in [0.25, 0.3) is 0 Å². The van der Waals surface area contributed by atoms with Crippen molar-refractivity contribution in [3.63, 3.8) is 0 Å². The Morgan fingerprint density at radius 3 is 2.59 bits per heavy atom. The van der Waals surface area contributed by atoms with E-state index in [9.17, 15) is 20.3 Å². The van der Waals surface area contributed by atoms with Crippen LogP contribution in [0.3, 0.4) is 0 Å². The van der Waals surface area contributed by atoms with Gasteiger partial charge in [-0.2, -0.15) is 12.6 Å². The molecule has 0 saturated heterocycles. The minimum absolute atomic E-state index is 0.0130. The van der Waals surface area contributed by atoms with Gasteiger partial charge in [-0.25, -0.2) is 0 Å². The van der Waals surface area contributed by atoms with Gasteiger partial charge in [0.05, 0.1) is 11.0 Å². The third kappa shape index (κ3) is 3.01. The molecule has 0 fully saturated rings. The Morgan fingerprint density at radius 2 is 2.12 bits per heavy atom. The monoisotopic (exact) mass is 278 g/mol. The smallest absolute Gasteiger partial charge is 0.293 e. The van der Waals surface area contributed by atoms with Gasteiger partial charge < -0.3 is 15.9 Å². The van der Waals surface area contributed by atoms with Crippen molar-refractivity contribution in [3.8, 4) is 0 Å². The van der Waals surface area contributed by atoms with Crippen LogP contribution in [-0.2, 0) is 0 Å². The number of hydrogen-bond acceptors (Lipinski definition) is 6. The summed E-state index contributed by atoms with van der Waals surface area (Å²) in [6.07, 6.45) is -2.55. The molecule has 1 aromatic carbocycles. The number of thiol groups is 1. The first-order chi connectivity index (χ1) is 7.88. The lowest BCUT2D eigenvalue weighted by atomic mass is 10.0. The number of aliphatic hydroxyl groups excluding tert-OH is 2. The van der Waals surface area contributed by atoms with Crippen molar-refractivity contribution in [3.05, 3.63) is 32.8 Å². The molecule has 0 amide bonds. The highest BCUT2D eigenvalue weighted by atomic mass is 35.5. The Bertz CT molecular complexity index is 443. The van der Waals surface area contributed by atoms with E-state index in [0.29, 0.717) is 0 Å². The molecule has 0 spiro atoms. The number of aliphatic hydroxyl groups is 2. The van der Waals surface area contributed by atoms with Gasteiger partial charge in [0.2, 0.25) is 0 Å². The molecule has 0 aliphatic carbocycles. The zero-order chi connectivity index (χ0) is 13.2. The van der Waals surface area contributed by atoms with Gasteiger partial charge in [-0.3, -0.25) is 10.1 Å². The van der Waals surface area contributed by atoms with Crippen LogP contribution in [-0.4, -0.2) is 27.0 Å². The normalized spacial score (nSPS) is 14.4. The van der Waals surface area contributed by atoms with Crippen molar-refractivity contribution in [2.75, 3.05) is 11.5 Å². The lowest BCUT2D eigenvalue weighted by molar-refractivity contribution is -0.384. The number of nitro benzene ring substituents is 1.